The number of aryl methyl sites for hydroxylation is 2. The van der Waals surface area contributed by atoms with Crippen LogP contribution >= 0.6 is 11.3 Å². The van der Waals surface area contributed by atoms with Gasteiger partial charge in [0, 0.05) is 48.2 Å². The summed E-state index contributed by atoms with van der Waals surface area (Å²) in [5.41, 5.74) is 5.93. The van der Waals surface area contributed by atoms with Crippen molar-refractivity contribution in [2.45, 2.75) is 20.1 Å². The fourth-order valence-corrected chi connectivity index (χ4v) is 6.54. The first-order chi connectivity index (χ1) is 25.8. The number of hydrogen-bond acceptors (Lipinski definition) is 3. The molecule has 0 aliphatic heterocycles. The van der Waals surface area contributed by atoms with Gasteiger partial charge >= 0.3 is 0 Å². The molecule has 8 rings (SSSR count). The minimum Gasteiger partial charge on any atom is -0.305 e. The molecule has 3 aromatic heterocycles. The first-order valence-electron chi connectivity index (χ1n) is 18.7. The van der Waals surface area contributed by atoms with E-state index >= 15 is 0 Å². The molecule has 0 unspecified atom stereocenters. The third-order valence-corrected chi connectivity index (χ3v) is 8.69. The SMILES string of the molecule is [2H]C([2H])([2H])c1c[c-]c(-c2cc(C([2H])([2H])c3ccccc3)ccn2)c2sc3ccccc3c12.[2H]C([2H])([2H])c1cnc(-c2[c-]cccc2)cc1-c1ccccc1.[Ir]. The number of benzene rings is 5. The van der Waals surface area contributed by atoms with E-state index in [1.165, 1.54) is 23.6 Å². The van der Waals surface area contributed by atoms with Gasteiger partial charge in [-0.05, 0) is 74.6 Å². The van der Waals surface area contributed by atoms with Crippen molar-refractivity contribution in [2.24, 2.45) is 0 Å². The molecule has 0 amide bonds. The number of fused-ring (bicyclic) bond motifs is 3. The molecular weight excluding hydrogens is 769 g/mol. The Hall–Kier alpha value is -4.73. The van der Waals surface area contributed by atoms with E-state index in [-0.39, 0.29) is 31.2 Å². The van der Waals surface area contributed by atoms with Gasteiger partial charge in [0.2, 0.25) is 0 Å². The van der Waals surface area contributed by atoms with E-state index in [1.807, 2.05) is 103 Å². The second-order valence-electron chi connectivity index (χ2n) is 10.6. The summed E-state index contributed by atoms with van der Waals surface area (Å²) in [4.78, 5) is 8.81. The molecule has 47 heavy (non-hydrogen) atoms. The summed E-state index contributed by atoms with van der Waals surface area (Å²) in [7, 11) is 0. The van der Waals surface area contributed by atoms with Crippen LogP contribution in [0.5, 0.6) is 0 Å². The summed E-state index contributed by atoms with van der Waals surface area (Å²) >= 11 is 1.51. The summed E-state index contributed by atoms with van der Waals surface area (Å²) in [5, 5.41) is 1.59. The molecule has 0 spiro atoms. The Labute approximate surface area is 305 Å². The molecule has 0 aliphatic rings. The molecule has 0 atom stereocenters. The number of pyridine rings is 2. The molecule has 0 fully saturated rings. The monoisotopic (exact) mass is 809 g/mol. The maximum absolute atomic E-state index is 8.69. The Morgan fingerprint density at radius 3 is 2.28 bits per heavy atom. The molecular formula is C43H32IrN2S-2. The quantitative estimate of drug-likeness (QED) is 0.162. The summed E-state index contributed by atoms with van der Waals surface area (Å²) < 4.78 is 66.4. The number of aromatic nitrogens is 2. The van der Waals surface area contributed by atoms with E-state index < -0.39 is 20.1 Å². The van der Waals surface area contributed by atoms with Crippen LogP contribution in [0.25, 0.3) is 53.8 Å². The zero-order chi connectivity index (χ0) is 38.1. The number of thiophene rings is 1. The Kier molecular flexibility index (Phi) is 7.42. The van der Waals surface area contributed by atoms with Crippen molar-refractivity contribution in [2.75, 3.05) is 0 Å². The first kappa shape index (κ1) is 23.6. The van der Waals surface area contributed by atoms with Crippen molar-refractivity contribution >= 4 is 31.5 Å². The van der Waals surface area contributed by atoms with Gasteiger partial charge in [-0.1, -0.05) is 103 Å². The molecule has 0 saturated heterocycles. The van der Waals surface area contributed by atoms with E-state index in [0.29, 0.717) is 39.0 Å². The molecule has 1 radical (unpaired) electrons. The Morgan fingerprint density at radius 1 is 0.723 bits per heavy atom. The van der Waals surface area contributed by atoms with Gasteiger partial charge in [-0.2, -0.15) is 11.3 Å². The summed E-state index contributed by atoms with van der Waals surface area (Å²) in [5.74, 6) is 0. The van der Waals surface area contributed by atoms with Crippen LogP contribution < -0.4 is 0 Å². The third-order valence-electron chi connectivity index (χ3n) is 7.51. The standard InChI is InChI=1S/C25H18NS.C18H14N.Ir/c1-17-11-12-20(25-24(17)21-9-5-6-10-23(21)27-25)22-16-19(13-14-26-22)15-18-7-3-2-4-8-18;1-14-13-19-18(16-10-6-3-7-11-16)12-17(14)15-8-4-2-5-9-15;/h2-11,13-14,16H,15H2,1H3;2-10,12-13H,1H3;/q2*-1;/i1D3,15D2;1D3;. The normalized spacial score (nSPS) is 14.0. The van der Waals surface area contributed by atoms with Crippen molar-refractivity contribution in [3.8, 4) is 33.6 Å². The summed E-state index contributed by atoms with van der Waals surface area (Å²) in [6.07, 6.45) is 1.35. The summed E-state index contributed by atoms with van der Waals surface area (Å²) in [6, 6.07) is 46.8. The second kappa shape index (κ2) is 14.8. The van der Waals surface area contributed by atoms with Crippen LogP contribution in [0.15, 0.2) is 146 Å². The van der Waals surface area contributed by atoms with Gasteiger partial charge in [-0.3, -0.25) is 0 Å². The van der Waals surface area contributed by atoms with Crippen molar-refractivity contribution in [1.82, 2.24) is 9.97 Å². The number of rotatable bonds is 5. The third kappa shape index (κ3) is 7.16. The van der Waals surface area contributed by atoms with E-state index in [4.69, 9.17) is 11.0 Å². The van der Waals surface area contributed by atoms with Crippen molar-refractivity contribution in [3.05, 3.63) is 180 Å². The molecule has 231 valence electrons. The van der Waals surface area contributed by atoms with Crippen LogP contribution in [0.4, 0.5) is 0 Å². The van der Waals surface area contributed by atoms with Crippen LogP contribution in [0.1, 0.15) is 33.2 Å². The average Bonchev–Trinajstić information content (AvgIpc) is 3.57. The van der Waals surface area contributed by atoms with Gasteiger partial charge in [0.25, 0.3) is 0 Å². The van der Waals surface area contributed by atoms with Gasteiger partial charge in [-0.15, -0.1) is 59.2 Å². The predicted molar refractivity (Wildman–Crippen MR) is 194 cm³/mol. The zero-order valence-electron chi connectivity index (χ0n) is 33.0. The number of nitrogens with zero attached hydrogens (tertiary/aromatic N) is 2. The fourth-order valence-electron chi connectivity index (χ4n) is 5.31. The molecule has 0 aliphatic carbocycles. The Balaban J connectivity index is 0.000000196. The fraction of sp³-hybridized carbons (Fsp3) is 0.0698. The number of hydrogen-bond donors (Lipinski definition) is 0. The minimum absolute atomic E-state index is 0. The molecule has 8 aromatic rings. The zero-order valence-corrected chi connectivity index (χ0v) is 28.2. The van der Waals surface area contributed by atoms with Crippen molar-refractivity contribution in [1.29, 1.82) is 0 Å². The molecule has 0 saturated carbocycles. The van der Waals surface area contributed by atoms with Gasteiger partial charge in [0.1, 0.15) is 0 Å². The summed E-state index contributed by atoms with van der Waals surface area (Å²) in [6.45, 7) is -4.46. The molecule has 5 aromatic carbocycles. The predicted octanol–water partition coefficient (Wildman–Crippen LogP) is 11.3. The van der Waals surface area contributed by atoms with Crippen LogP contribution in [0.3, 0.4) is 0 Å². The molecule has 2 nitrogen and oxygen atoms in total. The topological polar surface area (TPSA) is 25.8 Å². The second-order valence-corrected chi connectivity index (χ2v) is 11.6. The Bertz CT molecular complexity index is 2560. The first-order valence-corrected chi connectivity index (χ1v) is 15.6. The molecule has 3 heterocycles. The van der Waals surface area contributed by atoms with Gasteiger partial charge < -0.3 is 9.97 Å². The Morgan fingerprint density at radius 2 is 1.49 bits per heavy atom. The maximum atomic E-state index is 8.69. The van der Waals surface area contributed by atoms with Crippen LogP contribution in [-0.4, -0.2) is 9.97 Å². The van der Waals surface area contributed by atoms with Crippen molar-refractivity contribution in [3.63, 3.8) is 0 Å². The van der Waals surface area contributed by atoms with E-state index in [0.717, 1.165) is 25.9 Å². The van der Waals surface area contributed by atoms with Crippen LogP contribution in [0.2, 0.25) is 0 Å². The van der Waals surface area contributed by atoms with E-state index in [1.54, 1.807) is 30.5 Å². The van der Waals surface area contributed by atoms with Crippen molar-refractivity contribution < 1.29 is 31.1 Å². The molecule has 0 bridgehead atoms. The average molecular weight is 809 g/mol. The molecule has 4 heteroatoms. The van der Waals surface area contributed by atoms with Gasteiger partial charge in [0.05, 0.1) is 0 Å². The maximum Gasteiger partial charge on any atom is 0.0365 e. The molecule has 0 N–H and O–H groups in total. The minimum atomic E-state index is -2.27. The van der Waals surface area contributed by atoms with E-state index in [2.05, 4.69) is 22.1 Å². The largest absolute Gasteiger partial charge is 0.305 e. The van der Waals surface area contributed by atoms with Crippen LogP contribution in [-0.2, 0) is 26.5 Å². The van der Waals surface area contributed by atoms with E-state index in [9.17, 15) is 0 Å². The van der Waals surface area contributed by atoms with Gasteiger partial charge in [-0.25, -0.2) is 0 Å². The van der Waals surface area contributed by atoms with Crippen LogP contribution in [0, 0.1) is 25.8 Å². The smallest absolute Gasteiger partial charge is 0.0365 e. The van der Waals surface area contributed by atoms with Gasteiger partial charge in [0.15, 0.2) is 0 Å².